The van der Waals surface area contributed by atoms with Crippen LogP contribution in [0.15, 0.2) is 29.8 Å². The maximum absolute atomic E-state index is 6.40. The number of aryl methyl sites for hydroxylation is 1. The quantitative estimate of drug-likeness (QED) is 0.644. The molecule has 0 radical (unpaired) electrons. The third kappa shape index (κ3) is 2.27. The van der Waals surface area contributed by atoms with Crippen LogP contribution < -0.4 is 0 Å². The third-order valence-electron chi connectivity index (χ3n) is 3.77. The van der Waals surface area contributed by atoms with E-state index in [0.29, 0.717) is 0 Å². The highest BCUT2D eigenvalue weighted by atomic mass is 35.5. The second kappa shape index (κ2) is 5.11. The van der Waals surface area contributed by atoms with Gasteiger partial charge in [-0.15, -0.1) is 22.9 Å². The average molecular weight is 320 g/mol. The van der Waals surface area contributed by atoms with Crippen LogP contribution in [0.2, 0.25) is 0 Å². The van der Waals surface area contributed by atoms with E-state index in [2.05, 4.69) is 36.4 Å². The first-order valence-corrected chi connectivity index (χ1v) is 8.27. The Morgan fingerprint density at radius 3 is 2.71 bits per heavy atom. The van der Waals surface area contributed by atoms with Crippen LogP contribution in [0, 0.1) is 6.92 Å². The lowest BCUT2D eigenvalue weighted by molar-refractivity contribution is 0.429. The molecule has 2 aromatic heterocycles. The summed E-state index contributed by atoms with van der Waals surface area (Å²) in [6.45, 7) is 8.41. The van der Waals surface area contributed by atoms with Gasteiger partial charge in [0.2, 0.25) is 0 Å². The summed E-state index contributed by atoms with van der Waals surface area (Å²) in [5.74, 6) is 0.890. The number of halogens is 1. The van der Waals surface area contributed by atoms with Gasteiger partial charge in [-0.05, 0) is 39.3 Å². The lowest BCUT2D eigenvalue weighted by Gasteiger charge is -2.28. The number of thiazole rings is 1. The summed E-state index contributed by atoms with van der Waals surface area (Å²) in [5.41, 5.74) is 3.04. The van der Waals surface area contributed by atoms with E-state index in [4.69, 9.17) is 16.6 Å². The standard InChI is InChI=1S/C16H18ClN3S/c1-10-6-5-7-12-13(10)20(14(19-12)11(2)17)16(3,4)15-18-8-9-21-15/h5-9,11H,1-4H3. The molecule has 0 saturated carbocycles. The number of hydrogen-bond donors (Lipinski definition) is 0. The molecular weight excluding hydrogens is 302 g/mol. The molecule has 0 aliphatic carbocycles. The number of benzene rings is 1. The van der Waals surface area contributed by atoms with Gasteiger partial charge in [-0.25, -0.2) is 9.97 Å². The molecule has 3 nitrogen and oxygen atoms in total. The summed E-state index contributed by atoms with van der Waals surface area (Å²) in [4.78, 5) is 9.26. The Bertz CT molecular complexity index is 772. The minimum absolute atomic E-state index is 0.156. The van der Waals surface area contributed by atoms with Crippen LogP contribution in [-0.2, 0) is 5.54 Å². The summed E-state index contributed by atoms with van der Waals surface area (Å²) < 4.78 is 2.24. The van der Waals surface area contributed by atoms with Gasteiger partial charge in [0, 0.05) is 11.6 Å². The van der Waals surface area contributed by atoms with Gasteiger partial charge in [-0.3, -0.25) is 0 Å². The molecule has 0 fully saturated rings. The van der Waals surface area contributed by atoms with Crippen LogP contribution in [-0.4, -0.2) is 14.5 Å². The van der Waals surface area contributed by atoms with Crippen LogP contribution in [0.1, 0.15) is 42.5 Å². The summed E-state index contributed by atoms with van der Waals surface area (Å²) in [6, 6.07) is 6.19. The molecule has 1 unspecified atom stereocenters. The smallest absolute Gasteiger partial charge is 0.128 e. The summed E-state index contributed by atoms with van der Waals surface area (Å²) >= 11 is 8.06. The minimum Gasteiger partial charge on any atom is -0.314 e. The number of nitrogens with zero attached hydrogens (tertiary/aromatic N) is 3. The molecule has 110 valence electrons. The van der Waals surface area contributed by atoms with E-state index in [1.807, 2.05) is 30.6 Å². The van der Waals surface area contributed by atoms with Crippen LogP contribution in [0.5, 0.6) is 0 Å². The lowest BCUT2D eigenvalue weighted by atomic mass is 10.0. The van der Waals surface area contributed by atoms with Crippen molar-refractivity contribution in [3.63, 3.8) is 0 Å². The van der Waals surface area contributed by atoms with E-state index in [1.165, 1.54) is 5.56 Å². The normalized spacial score (nSPS) is 13.8. The number of imidazole rings is 1. The zero-order valence-corrected chi connectivity index (χ0v) is 14.2. The first-order valence-electron chi connectivity index (χ1n) is 6.95. The molecule has 5 heteroatoms. The van der Waals surface area contributed by atoms with Crippen LogP contribution in [0.4, 0.5) is 0 Å². The molecule has 0 bridgehead atoms. The van der Waals surface area contributed by atoms with E-state index in [-0.39, 0.29) is 10.9 Å². The fraction of sp³-hybridized carbons (Fsp3) is 0.375. The zero-order chi connectivity index (χ0) is 15.2. The lowest BCUT2D eigenvalue weighted by Crippen LogP contribution is -2.29. The second-order valence-electron chi connectivity index (χ2n) is 5.76. The number of rotatable bonds is 3. The Kier molecular flexibility index (Phi) is 3.54. The number of fused-ring (bicyclic) bond motifs is 1. The fourth-order valence-electron chi connectivity index (χ4n) is 2.77. The molecule has 21 heavy (non-hydrogen) atoms. The number of hydrogen-bond acceptors (Lipinski definition) is 3. The molecule has 3 aromatic rings. The van der Waals surface area contributed by atoms with E-state index in [0.717, 1.165) is 21.9 Å². The summed E-state index contributed by atoms with van der Waals surface area (Å²) in [6.07, 6.45) is 1.84. The summed E-state index contributed by atoms with van der Waals surface area (Å²) in [5, 5.41) is 2.91. The number of aromatic nitrogens is 3. The van der Waals surface area contributed by atoms with Crippen molar-refractivity contribution < 1.29 is 0 Å². The molecule has 1 aromatic carbocycles. The largest absolute Gasteiger partial charge is 0.314 e. The second-order valence-corrected chi connectivity index (χ2v) is 7.31. The van der Waals surface area contributed by atoms with Gasteiger partial charge in [-0.2, -0.15) is 0 Å². The van der Waals surface area contributed by atoms with Crippen molar-refractivity contribution in [2.24, 2.45) is 0 Å². The van der Waals surface area contributed by atoms with Gasteiger partial charge in [0.25, 0.3) is 0 Å². The highest BCUT2D eigenvalue weighted by Gasteiger charge is 2.32. The maximum atomic E-state index is 6.40. The van der Waals surface area contributed by atoms with Crippen LogP contribution >= 0.6 is 22.9 Å². The predicted octanol–water partition coefficient (Wildman–Crippen LogP) is 4.88. The molecule has 0 aliphatic heterocycles. The predicted molar refractivity (Wildman–Crippen MR) is 89.3 cm³/mol. The van der Waals surface area contributed by atoms with Crippen molar-refractivity contribution in [3.05, 3.63) is 46.2 Å². The van der Waals surface area contributed by atoms with Gasteiger partial charge >= 0.3 is 0 Å². The average Bonchev–Trinajstić information content (AvgIpc) is 3.07. The molecule has 0 saturated heterocycles. The van der Waals surface area contributed by atoms with Gasteiger partial charge in [0.15, 0.2) is 0 Å². The Hall–Kier alpha value is -1.39. The highest BCUT2D eigenvalue weighted by molar-refractivity contribution is 7.09. The molecule has 0 aliphatic rings. The Morgan fingerprint density at radius 2 is 2.10 bits per heavy atom. The Balaban J connectivity index is 2.37. The Morgan fingerprint density at radius 1 is 1.33 bits per heavy atom. The molecule has 1 atom stereocenters. The monoisotopic (exact) mass is 319 g/mol. The van der Waals surface area contributed by atoms with Gasteiger partial charge < -0.3 is 4.57 Å². The van der Waals surface area contributed by atoms with Crippen molar-refractivity contribution in [2.75, 3.05) is 0 Å². The molecule has 0 spiro atoms. The summed E-state index contributed by atoms with van der Waals surface area (Å²) in [7, 11) is 0. The van der Waals surface area contributed by atoms with E-state index in [1.54, 1.807) is 11.3 Å². The fourth-order valence-corrected chi connectivity index (χ4v) is 3.66. The third-order valence-corrected chi connectivity index (χ3v) is 5.06. The molecule has 2 heterocycles. The number of alkyl halides is 1. The van der Waals surface area contributed by atoms with Crippen molar-refractivity contribution in [1.82, 2.24) is 14.5 Å². The maximum Gasteiger partial charge on any atom is 0.128 e. The van der Waals surface area contributed by atoms with Gasteiger partial charge in [0.1, 0.15) is 10.8 Å². The van der Waals surface area contributed by atoms with Crippen molar-refractivity contribution in [3.8, 4) is 0 Å². The minimum atomic E-state index is -0.284. The topological polar surface area (TPSA) is 30.7 Å². The molecule has 0 amide bonds. The number of para-hydroxylation sites is 1. The van der Waals surface area contributed by atoms with Gasteiger partial charge in [-0.1, -0.05) is 12.1 Å². The zero-order valence-electron chi connectivity index (χ0n) is 12.6. The van der Waals surface area contributed by atoms with Crippen molar-refractivity contribution in [2.45, 2.75) is 38.6 Å². The SMILES string of the molecule is Cc1cccc2nc(C(C)Cl)n(C(C)(C)c3nccs3)c12. The molecular formula is C16H18ClN3S. The van der Waals surface area contributed by atoms with Gasteiger partial charge in [0.05, 0.1) is 21.9 Å². The Labute approximate surface area is 133 Å². The first-order chi connectivity index (χ1) is 9.93. The van der Waals surface area contributed by atoms with Crippen molar-refractivity contribution in [1.29, 1.82) is 0 Å². The highest BCUT2D eigenvalue weighted by Crippen LogP contribution is 2.36. The van der Waals surface area contributed by atoms with E-state index < -0.39 is 0 Å². The first kappa shape index (κ1) is 14.5. The van der Waals surface area contributed by atoms with Crippen molar-refractivity contribution >= 4 is 34.0 Å². The van der Waals surface area contributed by atoms with E-state index >= 15 is 0 Å². The van der Waals surface area contributed by atoms with Crippen LogP contribution in [0.25, 0.3) is 11.0 Å². The van der Waals surface area contributed by atoms with Crippen LogP contribution in [0.3, 0.4) is 0 Å². The van der Waals surface area contributed by atoms with E-state index in [9.17, 15) is 0 Å². The molecule has 3 rings (SSSR count). The molecule has 0 N–H and O–H groups in total.